The van der Waals surface area contributed by atoms with Crippen molar-refractivity contribution in [2.24, 2.45) is 11.1 Å². The lowest BCUT2D eigenvalue weighted by molar-refractivity contribution is -0.132. The lowest BCUT2D eigenvalue weighted by atomic mass is 9.87. The number of alkyl halides is 2. The van der Waals surface area contributed by atoms with Gasteiger partial charge in [0.05, 0.1) is 6.54 Å². The van der Waals surface area contributed by atoms with Crippen molar-refractivity contribution in [1.82, 2.24) is 4.90 Å². The minimum atomic E-state index is -2.49. The zero-order valence-corrected chi connectivity index (χ0v) is 10.5. The zero-order chi connectivity index (χ0) is 12.9. The fraction of sp³-hybridized carbons (Fsp3) is 0.909. The highest BCUT2D eigenvalue weighted by Crippen LogP contribution is 2.21. The van der Waals surface area contributed by atoms with Gasteiger partial charge in [-0.15, -0.1) is 0 Å². The summed E-state index contributed by atoms with van der Waals surface area (Å²) in [4.78, 5) is 12.5. The fourth-order valence-corrected chi connectivity index (χ4v) is 1.55. The van der Waals surface area contributed by atoms with Crippen LogP contribution in [0.4, 0.5) is 8.78 Å². The molecule has 96 valence electrons. The van der Waals surface area contributed by atoms with Crippen molar-refractivity contribution in [3.8, 4) is 0 Å². The van der Waals surface area contributed by atoms with Crippen LogP contribution >= 0.6 is 0 Å². The first-order valence-corrected chi connectivity index (χ1v) is 5.39. The molecule has 0 saturated carbocycles. The highest BCUT2D eigenvalue weighted by molar-refractivity contribution is 5.76. The normalized spacial score (nSPS) is 14.0. The van der Waals surface area contributed by atoms with Crippen LogP contribution in [0.1, 0.15) is 33.6 Å². The minimum absolute atomic E-state index is 0.0426. The molecular formula is C11H22F2N2O. The third-order valence-corrected chi connectivity index (χ3v) is 2.15. The number of amides is 1. The number of nitrogens with two attached hydrogens (primary N) is 1. The molecule has 0 aliphatic carbocycles. The summed E-state index contributed by atoms with van der Waals surface area (Å²) in [6, 6.07) is -0.271. The van der Waals surface area contributed by atoms with Gasteiger partial charge in [-0.1, -0.05) is 20.8 Å². The van der Waals surface area contributed by atoms with Gasteiger partial charge in [-0.05, 0) is 11.8 Å². The molecule has 0 aromatic carbocycles. The first-order valence-electron chi connectivity index (χ1n) is 5.39. The minimum Gasteiger partial charge on any atom is -0.340 e. The molecule has 2 N–H and O–H groups in total. The predicted molar refractivity (Wildman–Crippen MR) is 60.3 cm³/mol. The van der Waals surface area contributed by atoms with Crippen molar-refractivity contribution >= 4 is 5.91 Å². The van der Waals surface area contributed by atoms with Gasteiger partial charge in [0.2, 0.25) is 5.91 Å². The van der Waals surface area contributed by atoms with E-state index in [2.05, 4.69) is 0 Å². The van der Waals surface area contributed by atoms with Crippen molar-refractivity contribution in [1.29, 1.82) is 0 Å². The van der Waals surface area contributed by atoms with Crippen molar-refractivity contribution in [3.05, 3.63) is 0 Å². The topological polar surface area (TPSA) is 46.3 Å². The van der Waals surface area contributed by atoms with Gasteiger partial charge < -0.3 is 10.6 Å². The summed E-state index contributed by atoms with van der Waals surface area (Å²) < 4.78 is 24.1. The van der Waals surface area contributed by atoms with E-state index in [-0.39, 0.29) is 23.8 Å². The second-order valence-electron chi connectivity index (χ2n) is 5.39. The third-order valence-electron chi connectivity index (χ3n) is 2.15. The van der Waals surface area contributed by atoms with Crippen molar-refractivity contribution in [2.75, 3.05) is 13.6 Å². The summed E-state index contributed by atoms with van der Waals surface area (Å²) >= 11 is 0. The molecule has 1 unspecified atom stereocenters. The third kappa shape index (κ3) is 7.56. The number of rotatable bonds is 5. The average Bonchev–Trinajstić information content (AvgIpc) is 1.98. The second-order valence-corrected chi connectivity index (χ2v) is 5.39. The molecule has 0 radical (unpaired) electrons. The van der Waals surface area contributed by atoms with Crippen LogP contribution in [0, 0.1) is 5.41 Å². The molecule has 0 aromatic heterocycles. The molecule has 0 fully saturated rings. The number of carbonyl (C=O) groups excluding carboxylic acids is 1. The van der Waals surface area contributed by atoms with E-state index in [1.165, 1.54) is 7.05 Å². The van der Waals surface area contributed by atoms with Gasteiger partial charge in [0.1, 0.15) is 0 Å². The van der Waals surface area contributed by atoms with E-state index in [0.29, 0.717) is 6.42 Å². The smallest absolute Gasteiger partial charge is 0.255 e. The Balaban J connectivity index is 4.04. The number of hydrogen-bond donors (Lipinski definition) is 1. The molecule has 3 nitrogen and oxygen atoms in total. The van der Waals surface area contributed by atoms with Crippen molar-refractivity contribution in [2.45, 2.75) is 46.1 Å². The van der Waals surface area contributed by atoms with Gasteiger partial charge in [0.25, 0.3) is 6.43 Å². The summed E-state index contributed by atoms with van der Waals surface area (Å²) in [6.45, 7) is 5.56. The van der Waals surface area contributed by atoms with E-state index < -0.39 is 13.0 Å². The predicted octanol–water partition coefficient (Wildman–Crippen LogP) is 1.86. The highest BCUT2D eigenvalue weighted by atomic mass is 19.3. The van der Waals surface area contributed by atoms with Crippen LogP contribution in [0.2, 0.25) is 0 Å². The lowest BCUT2D eigenvalue weighted by Crippen LogP contribution is -2.37. The summed E-state index contributed by atoms with van der Waals surface area (Å²) in [5.41, 5.74) is 5.84. The molecule has 1 amide bonds. The van der Waals surface area contributed by atoms with Crippen LogP contribution in [0.25, 0.3) is 0 Å². The Bertz CT molecular complexity index is 227. The Morgan fingerprint density at radius 1 is 1.38 bits per heavy atom. The lowest BCUT2D eigenvalue weighted by Gasteiger charge is -2.24. The largest absolute Gasteiger partial charge is 0.340 e. The molecule has 0 aromatic rings. The molecule has 1 atom stereocenters. The quantitative estimate of drug-likeness (QED) is 0.792. The van der Waals surface area contributed by atoms with Gasteiger partial charge in [0.15, 0.2) is 0 Å². The van der Waals surface area contributed by atoms with Gasteiger partial charge in [0, 0.05) is 19.5 Å². The molecule has 0 bridgehead atoms. The van der Waals surface area contributed by atoms with Crippen LogP contribution in [0.15, 0.2) is 0 Å². The van der Waals surface area contributed by atoms with Crippen LogP contribution in [-0.2, 0) is 4.79 Å². The van der Waals surface area contributed by atoms with E-state index in [1.54, 1.807) is 0 Å². The maximum absolute atomic E-state index is 12.0. The molecule has 16 heavy (non-hydrogen) atoms. The number of nitrogens with zero attached hydrogens (tertiary/aromatic N) is 1. The van der Waals surface area contributed by atoms with E-state index in [4.69, 9.17) is 5.73 Å². The number of halogens is 2. The van der Waals surface area contributed by atoms with Crippen LogP contribution in [0.3, 0.4) is 0 Å². The standard InChI is InChI=1S/C11H22F2N2O/c1-11(2,3)6-8(14)5-10(16)15(4)7-9(12)13/h8-9H,5-7,14H2,1-4H3. The highest BCUT2D eigenvalue weighted by Gasteiger charge is 2.20. The summed E-state index contributed by atoms with van der Waals surface area (Å²) in [6.07, 6.45) is -1.67. The Kier molecular flexibility index (Phi) is 5.86. The Morgan fingerprint density at radius 2 is 1.88 bits per heavy atom. The molecular weight excluding hydrogens is 214 g/mol. The summed E-state index contributed by atoms with van der Waals surface area (Å²) in [7, 11) is 1.37. The van der Waals surface area contributed by atoms with E-state index >= 15 is 0 Å². The first kappa shape index (κ1) is 15.3. The van der Waals surface area contributed by atoms with Crippen molar-refractivity contribution < 1.29 is 13.6 Å². The van der Waals surface area contributed by atoms with Crippen LogP contribution in [0.5, 0.6) is 0 Å². The monoisotopic (exact) mass is 236 g/mol. The SMILES string of the molecule is CN(CC(F)F)C(=O)CC(N)CC(C)(C)C. The zero-order valence-electron chi connectivity index (χ0n) is 10.5. The Labute approximate surface area is 96.0 Å². The maximum Gasteiger partial charge on any atom is 0.255 e. The Hall–Kier alpha value is -0.710. The molecule has 0 aliphatic rings. The van der Waals surface area contributed by atoms with Crippen molar-refractivity contribution in [3.63, 3.8) is 0 Å². The van der Waals surface area contributed by atoms with Crippen LogP contribution in [-0.4, -0.2) is 36.9 Å². The van der Waals surface area contributed by atoms with Gasteiger partial charge >= 0.3 is 0 Å². The molecule has 0 heterocycles. The van der Waals surface area contributed by atoms with E-state index in [0.717, 1.165) is 4.90 Å². The van der Waals surface area contributed by atoms with Crippen LogP contribution < -0.4 is 5.73 Å². The second kappa shape index (κ2) is 6.13. The average molecular weight is 236 g/mol. The first-order chi connectivity index (χ1) is 7.11. The number of hydrogen-bond acceptors (Lipinski definition) is 2. The van der Waals surface area contributed by atoms with E-state index in [9.17, 15) is 13.6 Å². The summed E-state index contributed by atoms with van der Waals surface area (Å²) in [5, 5.41) is 0. The molecule has 0 rings (SSSR count). The molecule has 0 spiro atoms. The summed E-state index contributed by atoms with van der Waals surface area (Å²) in [5.74, 6) is -0.322. The Morgan fingerprint density at radius 3 is 2.25 bits per heavy atom. The van der Waals surface area contributed by atoms with Gasteiger partial charge in [-0.3, -0.25) is 4.79 Å². The fourth-order valence-electron chi connectivity index (χ4n) is 1.55. The van der Waals surface area contributed by atoms with E-state index in [1.807, 2.05) is 20.8 Å². The maximum atomic E-state index is 12.0. The van der Waals surface area contributed by atoms with Gasteiger partial charge in [-0.25, -0.2) is 8.78 Å². The number of carbonyl (C=O) groups is 1. The van der Waals surface area contributed by atoms with Gasteiger partial charge in [-0.2, -0.15) is 0 Å². The molecule has 0 saturated heterocycles. The molecule has 0 aliphatic heterocycles. The molecule has 5 heteroatoms.